The molecule has 0 aliphatic carbocycles. The fourth-order valence-electron chi connectivity index (χ4n) is 4.33. The van der Waals surface area contributed by atoms with E-state index in [0.29, 0.717) is 44.5 Å². The lowest BCUT2D eigenvalue weighted by Crippen LogP contribution is -2.15. The van der Waals surface area contributed by atoms with E-state index in [-0.39, 0.29) is 11.0 Å². The zero-order valence-electron chi connectivity index (χ0n) is 22.1. The zero-order chi connectivity index (χ0) is 28.3. The smallest absolute Gasteiger partial charge is 0.264 e. The van der Waals surface area contributed by atoms with Crippen LogP contribution < -0.4 is 9.46 Å². The van der Waals surface area contributed by atoms with Crippen LogP contribution in [0.25, 0.3) is 21.7 Å². The Morgan fingerprint density at radius 1 is 0.850 bits per heavy atom. The molecule has 9 heteroatoms. The number of hydrogen-bond acceptors (Lipinski definition) is 7. The van der Waals surface area contributed by atoms with Crippen LogP contribution in [0.5, 0.6) is 5.75 Å². The lowest BCUT2D eigenvalue weighted by atomic mass is 10.0. The number of methoxy groups -OCH3 is 1. The van der Waals surface area contributed by atoms with Gasteiger partial charge < -0.3 is 14.6 Å². The highest BCUT2D eigenvalue weighted by Crippen LogP contribution is 2.32. The number of fused-ring (bicyclic) bond motifs is 2. The molecule has 40 heavy (non-hydrogen) atoms. The molecule has 1 unspecified atom stereocenters. The van der Waals surface area contributed by atoms with Crippen LogP contribution in [0.3, 0.4) is 0 Å². The molecule has 0 fully saturated rings. The van der Waals surface area contributed by atoms with Crippen molar-refractivity contribution in [3.63, 3.8) is 0 Å². The molecule has 0 aliphatic heterocycles. The van der Waals surface area contributed by atoms with E-state index in [1.807, 2.05) is 38.1 Å². The Hall–Kier alpha value is -4.49. The van der Waals surface area contributed by atoms with Crippen LogP contribution in [-0.4, -0.2) is 36.7 Å². The van der Waals surface area contributed by atoms with Gasteiger partial charge >= 0.3 is 0 Å². The minimum Gasteiger partial charge on any atom is -0.490 e. The van der Waals surface area contributed by atoms with E-state index in [2.05, 4.69) is 26.5 Å². The van der Waals surface area contributed by atoms with Gasteiger partial charge in [-0.1, -0.05) is 48.2 Å². The molecule has 0 aliphatic rings. The van der Waals surface area contributed by atoms with Gasteiger partial charge in [-0.15, -0.1) is 0 Å². The number of anilines is 1. The van der Waals surface area contributed by atoms with Gasteiger partial charge in [-0.2, -0.15) is 0 Å². The van der Waals surface area contributed by atoms with Crippen molar-refractivity contribution in [3.05, 3.63) is 102 Å². The van der Waals surface area contributed by atoms with E-state index in [0.717, 1.165) is 5.39 Å². The molecule has 0 saturated carbocycles. The van der Waals surface area contributed by atoms with Gasteiger partial charge in [0.2, 0.25) is 0 Å². The lowest BCUT2D eigenvalue weighted by Gasteiger charge is -2.15. The average Bonchev–Trinajstić information content (AvgIpc) is 2.95. The first-order valence-electron chi connectivity index (χ1n) is 12.5. The summed E-state index contributed by atoms with van der Waals surface area (Å²) in [6.07, 6.45) is 1.87. The molecular formula is C31H27N3O5S. The molecule has 0 radical (unpaired) electrons. The molecule has 0 saturated heterocycles. The number of aromatic nitrogens is 2. The third kappa shape index (κ3) is 5.46. The number of nitrogens with zero attached hydrogens (tertiary/aromatic N) is 2. The number of para-hydroxylation sites is 1. The van der Waals surface area contributed by atoms with Crippen molar-refractivity contribution in [2.45, 2.75) is 31.1 Å². The molecule has 5 rings (SSSR count). The predicted molar refractivity (Wildman–Crippen MR) is 154 cm³/mol. The maximum absolute atomic E-state index is 13.6. The average molecular weight is 554 g/mol. The molecule has 3 aromatic carbocycles. The van der Waals surface area contributed by atoms with Gasteiger partial charge in [0, 0.05) is 41.2 Å². The molecule has 0 bridgehead atoms. The third-order valence-electron chi connectivity index (χ3n) is 6.13. The topological polar surface area (TPSA) is 111 Å². The second kappa shape index (κ2) is 11.3. The number of nitrogens with one attached hydrogen (secondary N) is 1. The van der Waals surface area contributed by atoms with Crippen LogP contribution in [0.1, 0.15) is 37.0 Å². The van der Waals surface area contributed by atoms with Crippen molar-refractivity contribution in [2.24, 2.45) is 0 Å². The molecule has 202 valence electrons. The van der Waals surface area contributed by atoms with Crippen molar-refractivity contribution in [3.8, 4) is 17.6 Å². The van der Waals surface area contributed by atoms with Crippen molar-refractivity contribution >= 4 is 37.4 Å². The molecule has 0 spiro atoms. The van der Waals surface area contributed by atoms with E-state index in [4.69, 9.17) is 9.47 Å². The Labute approximate surface area is 232 Å². The minimum absolute atomic E-state index is 0.0319. The molecule has 2 aromatic heterocycles. The molecular weight excluding hydrogens is 526 g/mol. The van der Waals surface area contributed by atoms with Gasteiger partial charge in [0.05, 0.1) is 22.9 Å². The number of pyridine rings is 2. The monoisotopic (exact) mass is 553 g/mol. The summed E-state index contributed by atoms with van der Waals surface area (Å²) in [5.41, 5.74) is 2.13. The number of benzene rings is 3. The highest BCUT2D eigenvalue weighted by molar-refractivity contribution is 7.93. The number of aliphatic hydroxyl groups excluding tert-OH is 1. The predicted octanol–water partition coefficient (Wildman–Crippen LogP) is 5.41. The fraction of sp³-hybridized carbons (Fsp3) is 0.161. The maximum atomic E-state index is 13.6. The molecule has 0 amide bonds. The SMILES string of the molecule is COC(O)c1ncc(C#Cc2ccccc2NS(=O)(=O)c2ccc(OC(C)C)c3cccnc23)c2ccccc12. The Morgan fingerprint density at radius 2 is 1.55 bits per heavy atom. The first kappa shape index (κ1) is 27.1. The maximum Gasteiger partial charge on any atom is 0.264 e. The first-order chi connectivity index (χ1) is 19.3. The van der Waals surface area contributed by atoms with Crippen molar-refractivity contribution in [1.82, 2.24) is 9.97 Å². The first-order valence-corrected chi connectivity index (χ1v) is 14.0. The van der Waals surface area contributed by atoms with Gasteiger partial charge in [-0.3, -0.25) is 14.7 Å². The van der Waals surface area contributed by atoms with Gasteiger partial charge in [0.1, 0.15) is 16.3 Å². The quantitative estimate of drug-likeness (QED) is 0.205. The van der Waals surface area contributed by atoms with Gasteiger partial charge in [-0.05, 0) is 50.2 Å². The van der Waals surface area contributed by atoms with Crippen LogP contribution >= 0.6 is 0 Å². The number of ether oxygens (including phenoxy) is 2. The highest BCUT2D eigenvalue weighted by atomic mass is 32.2. The lowest BCUT2D eigenvalue weighted by molar-refractivity contribution is -0.0787. The molecule has 1 atom stereocenters. The summed E-state index contributed by atoms with van der Waals surface area (Å²) in [4.78, 5) is 8.74. The van der Waals surface area contributed by atoms with Crippen molar-refractivity contribution in [2.75, 3.05) is 11.8 Å². The molecule has 5 aromatic rings. The number of sulfonamides is 1. The van der Waals surface area contributed by atoms with E-state index < -0.39 is 16.3 Å². The summed E-state index contributed by atoms with van der Waals surface area (Å²) in [6, 6.07) is 21.0. The molecule has 2 heterocycles. The second-order valence-corrected chi connectivity index (χ2v) is 10.9. The highest BCUT2D eigenvalue weighted by Gasteiger charge is 2.22. The Bertz CT molecular complexity index is 1880. The van der Waals surface area contributed by atoms with Crippen LogP contribution in [0, 0.1) is 11.8 Å². The minimum atomic E-state index is -4.03. The summed E-state index contributed by atoms with van der Waals surface area (Å²) in [5.74, 6) is 6.75. The summed E-state index contributed by atoms with van der Waals surface area (Å²) >= 11 is 0. The Kier molecular flexibility index (Phi) is 7.67. The van der Waals surface area contributed by atoms with Crippen molar-refractivity contribution in [1.29, 1.82) is 0 Å². The summed E-state index contributed by atoms with van der Waals surface area (Å²) in [7, 11) is -2.63. The number of hydrogen-bond donors (Lipinski definition) is 2. The summed E-state index contributed by atoms with van der Waals surface area (Å²) < 4.78 is 40.8. The standard InChI is InChI=1S/C31H27N3O5S/c1-20(2)39-27-16-17-28(29-25(27)12-8-18-32-29)40(36,37)34-26-13-7-4-9-21(26)14-15-22-19-33-30(31(35)38-3)24-11-6-5-10-23(22)24/h4-13,16-20,31,34-35H,1-3H3. The second-order valence-electron chi connectivity index (χ2n) is 9.22. The van der Waals surface area contributed by atoms with E-state index in [9.17, 15) is 13.5 Å². The zero-order valence-corrected chi connectivity index (χ0v) is 22.9. The van der Waals surface area contributed by atoms with Gasteiger partial charge in [0.15, 0.2) is 6.29 Å². The third-order valence-corrected chi connectivity index (χ3v) is 7.53. The van der Waals surface area contributed by atoms with E-state index >= 15 is 0 Å². The van der Waals surface area contributed by atoms with Gasteiger partial charge in [-0.25, -0.2) is 8.42 Å². The summed E-state index contributed by atoms with van der Waals surface area (Å²) in [5, 5.41) is 12.3. The fourth-order valence-corrected chi connectivity index (χ4v) is 5.57. The van der Waals surface area contributed by atoms with Crippen LogP contribution in [-0.2, 0) is 14.8 Å². The number of rotatable bonds is 7. The molecule has 8 nitrogen and oxygen atoms in total. The number of aliphatic hydroxyl groups is 1. The van der Waals surface area contributed by atoms with Crippen LogP contribution in [0.15, 0.2) is 90.1 Å². The Balaban J connectivity index is 1.52. The van der Waals surface area contributed by atoms with E-state index in [1.165, 1.54) is 13.2 Å². The molecule has 2 N–H and O–H groups in total. The normalized spacial score (nSPS) is 12.2. The Morgan fingerprint density at radius 3 is 2.33 bits per heavy atom. The van der Waals surface area contributed by atoms with Crippen molar-refractivity contribution < 1.29 is 23.0 Å². The van der Waals surface area contributed by atoms with Crippen LogP contribution in [0.2, 0.25) is 0 Å². The van der Waals surface area contributed by atoms with E-state index in [1.54, 1.807) is 54.9 Å². The van der Waals surface area contributed by atoms with Crippen LogP contribution in [0.4, 0.5) is 5.69 Å². The summed E-state index contributed by atoms with van der Waals surface area (Å²) in [6.45, 7) is 3.81. The largest absolute Gasteiger partial charge is 0.490 e. The van der Waals surface area contributed by atoms with Gasteiger partial charge in [0.25, 0.3) is 10.0 Å².